The molecule has 158 valence electrons. The van der Waals surface area contributed by atoms with E-state index >= 15 is 0 Å². The smallest absolute Gasteiger partial charge is 0.223 e. The molecule has 3 aromatic rings. The van der Waals surface area contributed by atoms with Crippen molar-refractivity contribution < 1.29 is 13.2 Å². The number of hydrogen-bond acceptors (Lipinski definition) is 5. The summed E-state index contributed by atoms with van der Waals surface area (Å²) in [6.45, 7) is 2.61. The fraction of sp³-hybridized carbons (Fsp3) is 0.409. The topological polar surface area (TPSA) is 84.6 Å². The van der Waals surface area contributed by atoms with Crippen molar-refractivity contribution >= 4 is 21.4 Å². The van der Waals surface area contributed by atoms with Crippen molar-refractivity contribution in [3.63, 3.8) is 0 Å². The van der Waals surface area contributed by atoms with Gasteiger partial charge in [-0.2, -0.15) is 5.10 Å². The second-order valence-corrected chi connectivity index (χ2v) is 9.87. The first kappa shape index (κ1) is 20.5. The van der Waals surface area contributed by atoms with Crippen LogP contribution in [0.5, 0.6) is 0 Å². The van der Waals surface area contributed by atoms with E-state index in [0.29, 0.717) is 17.9 Å². The first-order chi connectivity index (χ1) is 14.5. The summed E-state index contributed by atoms with van der Waals surface area (Å²) < 4.78 is 26.8. The maximum atomic E-state index is 13.0. The SMILES string of the molecule is Cc1cc2nccc(C3CCCCN3C(=O)CCCS(=O)(=O)c3ccccc3)n2n1. The zero-order valence-corrected chi connectivity index (χ0v) is 17.9. The minimum absolute atomic E-state index is 0.00296. The summed E-state index contributed by atoms with van der Waals surface area (Å²) in [4.78, 5) is 19.6. The lowest BCUT2D eigenvalue weighted by Crippen LogP contribution is -2.39. The molecular formula is C22H26N4O3S. The third-order valence-corrected chi connectivity index (χ3v) is 7.40. The molecule has 1 unspecified atom stereocenters. The van der Waals surface area contributed by atoms with Gasteiger partial charge in [0.15, 0.2) is 15.5 Å². The molecule has 0 bridgehead atoms. The van der Waals surface area contributed by atoms with Crippen LogP contribution in [-0.2, 0) is 14.6 Å². The molecule has 2 aromatic heterocycles. The van der Waals surface area contributed by atoms with E-state index in [9.17, 15) is 13.2 Å². The quantitative estimate of drug-likeness (QED) is 0.603. The van der Waals surface area contributed by atoms with Crippen LogP contribution < -0.4 is 0 Å². The molecular weight excluding hydrogens is 400 g/mol. The Balaban J connectivity index is 1.47. The Morgan fingerprint density at radius 1 is 1.17 bits per heavy atom. The van der Waals surface area contributed by atoms with E-state index in [-0.39, 0.29) is 24.1 Å². The Kier molecular flexibility index (Phi) is 5.85. The van der Waals surface area contributed by atoms with Gasteiger partial charge < -0.3 is 4.90 Å². The monoisotopic (exact) mass is 426 g/mol. The molecule has 0 radical (unpaired) electrons. The van der Waals surface area contributed by atoms with Gasteiger partial charge in [-0.1, -0.05) is 18.2 Å². The number of rotatable bonds is 6. The first-order valence-corrected chi connectivity index (χ1v) is 12.0. The molecule has 0 aliphatic carbocycles. The molecule has 1 aliphatic heterocycles. The second-order valence-electron chi connectivity index (χ2n) is 7.76. The summed E-state index contributed by atoms with van der Waals surface area (Å²) >= 11 is 0. The third kappa shape index (κ3) is 4.23. The average Bonchev–Trinajstić information content (AvgIpc) is 3.14. The summed E-state index contributed by atoms with van der Waals surface area (Å²) in [5.74, 6) is -0.0316. The first-order valence-electron chi connectivity index (χ1n) is 10.3. The summed E-state index contributed by atoms with van der Waals surface area (Å²) in [5, 5.41) is 4.55. The van der Waals surface area contributed by atoms with Crippen LogP contribution in [0.25, 0.3) is 5.65 Å². The van der Waals surface area contributed by atoms with E-state index in [0.717, 1.165) is 36.3 Å². The van der Waals surface area contributed by atoms with Crippen molar-refractivity contribution in [3.05, 3.63) is 60.0 Å². The Bertz CT molecular complexity index is 1140. The number of carbonyl (C=O) groups is 1. The highest BCUT2D eigenvalue weighted by Gasteiger charge is 2.30. The lowest BCUT2D eigenvalue weighted by atomic mass is 9.98. The van der Waals surface area contributed by atoms with Crippen molar-refractivity contribution in [2.75, 3.05) is 12.3 Å². The molecule has 7 nitrogen and oxygen atoms in total. The zero-order chi connectivity index (χ0) is 21.1. The molecule has 1 saturated heterocycles. The lowest BCUT2D eigenvalue weighted by molar-refractivity contribution is -0.135. The summed E-state index contributed by atoms with van der Waals surface area (Å²) in [5.41, 5.74) is 2.62. The third-order valence-electron chi connectivity index (χ3n) is 5.58. The van der Waals surface area contributed by atoms with E-state index in [4.69, 9.17) is 0 Å². The van der Waals surface area contributed by atoms with Gasteiger partial charge in [0, 0.05) is 25.2 Å². The molecule has 0 N–H and O–H groups in total. The Morgan fingerprint density at radius 2 is 1.97 bits per heavy atom. The lowest BCUT2D eigenvalue weighted by Gasteiger charge is -2.36. The largest absolute Gasteiger partial charge is 0.334 e. The van der Waals surface area contributed by atoms with Crippen LogP contribution in [0.2, 0.25) is 0 Å². The molecule has 0 spiro atoms. The number of amides is 1. The van der Waals surface area contributed by atoms with Crippen LogP contribution in [0.15, 0.2) is 53.6 Å². The standard InChI is InChI=1S/C22H26N4O3S/c1-17-16-21-23-13-12-20(26(21)24-17)19-10-5-6-14-25(19)22(27)11-7-15-30(28,29)18-8-3-2-4-9-18/h2-4,8-9,12-13,16,19H,5-7,10-11,14-15H2,1H3. The molecule has 8 heteroatoms. The van der Waals surface area contributed by atoms with E-state index in [1.165, 1.54) is 0 Å². The van der Waals surface area contributed by atoms with Gasteiger partial charge in [-0.05, 0) is 50.8 Å². The van der Waals surface area contributed by atoms with Crippen molar-refractivity contribution in [1.29, 1.82) is 0 Å². The average molecular weight is 427 g/mol. The number of sulfone groups is 1. The Morgan fingerprint density at radius 3 is 2.77 bits per heavy atom. The van der Waals surface area contributed by atoms with Gasteiger partial charge in [-0.3, -0.25) is 4.79 Å². The molecule has 0 saturated carbocycles. The van der Waals surface area contributed by atoms with Gasteiger partial charge in [-0.25, -0.2) is 17.9 Å². The molecule has 1 amide bonds. The molecule has 1 atom stereocenters. The number of aromatic nitrogens is 3. The van der Waals surface area contributed by atoms with E-state index in [1.807, 2.05) is 28.5 Å². The molecule has 1 aliphatic rings. The van der Waals surface area contributed by atoms with E-state index < -0.39 is 9.84 Å². The molecule has 3 heterocycles. The van der Waals surface area contributed by atoms with Crippen LogP contribution in [0.1, 0.15) is 49.5 Å². The van der Waals surface area contributed by atoms with Crippen LogP contribution in [0, 0.1) is 6.92 Å². The minimum atomic E-state index is -3.37. The highest BCUT2D eigenvalue weighted by atomic mass is 32.2. The molecule has 1 aromatic carbocycles. The van der Waals surface area contributed by atoms with Crippen molar-refractivity contribution in [1.82, 2.24) is 19.5 Å². The second kappa shape index (κ2) is 8.55. The predicted octanol–water partition coefficient (Wildman–Crippen LogP) is 3.35. The van der Waals surface area contributed by atoms with Gasteiger partial charge >= 0.3 is 0 Å². The fourth-order valence-corrected chi connectivity index (χ4v) is 5.45. The number of likely N-dealkylation sites (tertiary alicyclic amines) is 1. The van der Waals surface area contributed by atoms with Gasteiger partial charge in [0.1, 0.15) is 0 Å². The van der Waals surface area contributed by atoms with Crippen molar-refractivity contribution in [3.8, 4) is 0 Å². The molecule has 30 heavy (non-hydrogen) atoms. The number of piperidine rings is 1. The number of benzene rings is 1. The summed E-state index contributed by atoms with van der Waals surface area (Å²) in [6, 6.07) is 12.2. The zero-order valence-electron chi connectivity index (χ0n) is 17.1. The van der Waals surface area contributed by atoms with Crippen molar-refractivity contribution in [2.45, 2.75) is 50.0 Å². The van der Waals surface area contributed by atoms with Gasteiger partial charge in [-0.15, -0.1) is 0 Å². The van der Waals surface area contributed by atoms with Gasteiger partial charge in [0.25, 0.3) is 0 Å². The summed E-state index contributed by atoms with van der Waals surface area (Å²) in [6.07, 6.45) is 5.15. The Hall–Kier alpha value is -2.74. The van der Waals surface area contributed by atoms with E-state index in [2.05, 4.69) is 10.1 Å². The van der Waals surface area contributed by atoms with Crippen LogP contribution in [0.4, 0.5) is 0 Å². The van der Waals surface area contributed by atoms with Gasteiger partial charge in [0.2, 0.25) is 5.91 Å². The predicted molar refractivity (Wildman–Crippen MR) is 114 cm³/mol. The summed E-state index contributed by atoms with van der Waals surface area (Å²) in [7, 11) is -3.37. The Labute approximate surface area is 176 Å². The van der Waals surface area contributed by atoms with Crippen LogP contribution >= 0.6 is 0 Å². The van der Waals surface area contributed by atoms with Gasteiger partial charge in [0.05, 0.1) is 28.1 Å². The number of aryl methyl sites for hydroxylation is 1. The van der Waals surface area contributed by atoms with Crippen LogP contribution in [0.3, 0.4) is 0 Å². The number of nitrogens with zero attached hydrogens (tertiary/aromatic N) is 4. The maximum Gasteiger partial charge on any atom is 0.223 e. The van der Waals surface area contributed by atoms with Crippen LogP contribution in [-0.4, -0.2) is 46.1 Å². The van der Waals surface area contributed by atoms with E-state index in [1.54, 1.807) is 36.5 Å². The number of hydrogen-bond donors (Lipinski definition) is 0. The highest BCUT2D eigenvalue weighted by Crippen LogP contribution is 2.31. The van der Waals surface area contributed by atoms with Crippen molar-refractivity contribution in [2.24, 2.45) is 0 Å². The molecule has 4 rings (SSSR count). The minimum Gasteiger partial charge on any atom is -0.334 e. The normalized spacial score (nSPS) is 17.4. The highest BCUT2D eigenvalue weighted by molar-refractivity contribution is 7.91. The fourth-order valence-electron chi connectivity index (χ4n) is 4.12. The number of fused-ring (bicyclic) bond motifs is 1. The maximum absolute atomic E-state index is 13.0. The molecule has 1 fully saturated rings. The number of carbonyl (C=O) groups excluding carboxylic acids is 1.